The summed E-state index contributed by atoms with van der Waals surface area (Å²) in [5, 5.41) is 48.6. The van der Waals surface area contributed by atoms with Crippen molar-refractivity contribution in [2.24, 2.45) is 17.4 Å². The van der Waals surface area contributed by atoms with Crippen molar-refractivity contribution < 1.29 is 62.6 Å². The number of hydrogen-bond acceptors (Lipinski definition) is 16. The van der Waals surface area contributed by atoms with Crippen molar-refractivity contribution in [3.63, 3.8) is 0 Å². The quantitative estimate of drug-likeness (QED) is 0.0149. The third kappa shape index (κ3) is 26.6. The smallest absolute Gasteiger partial charge is 0.245 e. The average Bonchev–Trinajstić information content (AvgIpc) is 1.77. The second kappa shape index (κ2) is 42.3. The van der Waals surface area contributed by atoms with Gasteiger partial charge in [-0.1, -0.05) is 147 Å². The predicted octanol–water partition coefficient (Wildman–Crippen LogP) is 2.09. The largest absolute Gasteiger partial charge is 0.394 e. The van der Waals surface area contributed by atoms with E-state index < -0.39 is 132 Å². The summed E-state index contributed by atoms with van der Waals surface area (Å²) in [5.74, 6) is -9.10. The molecule has 30 heteroatoms. The number of halogens is 1. The second-order valence-electron chi connectivity index (χ2n) is 28.8. The van der Waals surface area contributed by atoms with Crippen LogP contribution in [0.5, 0.6) is 0 Å². The summed E-state index contributed by atoms with van der Waals surface area (Å²) >= 11 is 6.29. The first-order chi connectivity index (χ1) is 53.1. The molecule has 2 heterocycles. The van der Waals surface area contributed by atoms with Crippen molar-refractivity contribution >= 4 is 99.0 Å². The molecule has 6 aromatic rings. The Balaban J connectivity index is 1.08. The molecule has 0 spiro atoms. The molecule has 0 unspecified atom stereocenters. The number of hydrogen-bond donors (Lipinski definition) is 14. The molecule has 16 N–H and O–H groups in total. The molecule has 8 rings (SSSR count). The Labute approximate surface area is 652 Å². The fraction of sp³-hybridized carbons (Fsp3) is 0.432. The fourth-order valence-corrected chi connectivity index (χ4v) is 13.5. The van der Waals surface area contributed by atoms with Gasteiger partial charge in [-0.05, 0) is 113 Å². The van der Waals surface area contributed by atoms with E-state index in [2.05, 4.69) is 58.1 Å². The Bertz CT molecular complexity index is 4180. The van der Waals surface area contributed by atoms with E-state index in [4.69, 9.17) is 33.2 Å². The van der Waals surface area contributed by atoms with Crippen molar-refractivity contribution in [1.29, 1.82) is 5.41 Å². The maximum absolute atomic E-state index is 15.4. The van der Waals surface area contributed by atoms with Crippen molar-refractivity contribution in [1.82, 2.24) is 63.0 Å². The summed E-state index contributed by atoms with van der Waals surface area (Å²) < 4.78 is 5.56. The van der Waals surface area contributed by atoms with Gasteiger partial charge in [0.15, 0.2) is 5.96 Å². The number of carbonyl (C=O) groups is 11. The highest BCUT2D eigenvalue weighted by atomic mass is 35.5. The van der Waals surface area contributed by atoms with Gasteiger partial charge in [-0.25, -0.2) is 0 Å². The summed E-state index contributed by atoms with van der Waals surface area (Å²) in [6.45, 7) is 8.79. The molecule has 0 radical (unpaired) electrons. The first kappa shape index (κ1) is 85.6. The lowest BCUT2D eigenvalue weighted by Crippen LogP contribution is -2.62. The van der Waals surface area contributed by atoms with E-state index in [-0.39, 0.29) is 82.8 Å². The molecule has 0 aromatic heterocycles. The molecule has 2 aliphatic rings. The van der Waals surface area contributed by atoms with Gasteiger partial charge in [-0.3, -0.25) is 63.0 Å². The number of nitrogens with one attached hydrogen (secondary N) is 11. The number of nitrogens with two attached hydrogens (primary N) is 2. The molecule has 594 valence electrons. The van der Waals surface area contributed by atoms with E-state index in [1.807, 2.05) is 99.6 Å². The molecule has 0 saturated carbocycles. The number of nitrogens with zero attached hydrogens (tertiary/aromatic N) is 3. The van der Waals surface area contributed by atoms with Crippen LogP contribution in [0.2, 0.25) is 5.02 Å². The Morgan fingerprint density at radius 3 is 1.52 bits per heavy atom. The number of benzene rings is 6. The summed E-state index contributed by atoms with van der Waals surface area (Å²) in [5.41, 5.74) is 15.8. The number of guanidine groups is 1. The maximum Gasteiger partial charge on any atom is 0.245 e. The van der Waals surface area contributed by atoms with Crippen molar-refractivity contribution in [2.75, 3.05) is 65.0 Å². The van der Waals surface area contributed by atoms with Gasteiger partial charge in [-0.15, -0.1) is 0 Å². The van der Waals surface area contributed by atoms with E-state index in [9.17, 15) is 38.7 Å². The zero-order valence-electron chi connectivity index (χ0n) is 63.7. The number of amides is 11. The number of morpholine rings is 1. The lowest BCUT2D eigenvalue weighted by molar-refractivity contribution is -0.142. The van der Waals surface area contributed by atoms with Crippen LogP contribution in [0.15, 0.2) is 146 Å². The van der Waals surface area contributed by atoms with Crippen LogP contribution in [-0.2, 0) is 96.1 Å². The number of aliphatic hydroxyl groups is 1. The van der Waals surface area contributed by atoms with Gasteiger partial charge >= 0.3 is 0 Å². The van der Waals surface area contributed by atoms with Gasteiger partial charge in [0.05, 0.1) is 19.8 Å². The average molecular weight is 1550 g/mol. The number of aliphatic hydroxyl groups excluding tert-OH is 1. The fourth-order valence-electron chi connectivity index (χ4n) is 13.4. The molecule has 0 aliphatic carbocycles. The maximum atomic E-state index is 15.4. The highest BCUT2D eigenvalue weighted by Gasteiger charge is 2.41. The number of anilines is 1. The normalized spacial score (nSPS) is 16.0. The van der Waals surface area contributed by atoms with Crippen LogP contribution in [0.1, 0.15) is 93.2 Å². The zero-order valence-corrected chi connectivity index (χ0v) is 64.4. The van der Waals surface area contributed by atoms with Crippen LogP contribution >= 0.6 is 11.6 Å². The minimum absolute atomic E-state index is 0.00218. The van der Waals surface area contributed by atoms with Gasteiger partial charge in [0.1, 0.15) is 60.4 Å². The van der Waals surface area contributed by atoms with E-state index in [0.717, 1.165) is 40.7 Å². The van der Waals surface area contributed by atoms with Crippen molar-refractivity contribution in [2.45, 2.75) is 159 Å². The number of fused-ring (bicyclic) bond motifs is 1. The van der Waals surface area contributed by atoms with Gasteiger partial charge in [0.25, 0.3) is 0 Å². The van der Waals surface area contributed by atoms with Crippen molar-refractivity contribution in [3.8, 4) is 0 Å². The minimum Gasteiger partial charge on any atom is -0.394 e. The Morgan fingerprint density at radius 2 is 1.00 bits per heavy atom. The Hall–Kier alpha value is -11.0. The van der Waals surface area contributed by atoms with Crippen LogP contribution in [0, 0.1) is 11.3 Å². The van der Waals surface area contributed by atoms with Crippen LogP contribution in [0.3, 0.4) is 0 Å². The lowest BCUT2D eigenvalue weighted by Gasteiger charge is -2.31. The van der Waals surface area contributed by atoms with E-state index in [1.54, 1.807) is 78.9 Å². The van der Waals surface area contributed by atoms with Crippen LogP contribution in [0.25, 0.3) is 10.8 Å². The molecule has 10 atom stereocenters. The van der Waals surface area contributed by atoms with Gasteiger partial charge in [0.2, 0.25) is 65.0 Å². The third-order valence-electron chi connectivity index (χ3n) is 19.4. The van der Waals surface area contributed by atoms with Gasteiger partial charge in [0, 0.05) is 96.6 Å². The summed E-state index contributed by atoms with van der Waals surface area (Å²) in [4.78, 5) is 164. The molecule has 111 heavy (non-hydrogen) atoms. The van der Waals surface area contributed by atoms with Gasteiger partial charge in [-0.2, -0.15) is 0 Å². The molecule has 29 nitrogen and oxygen atoms in total. The predicted molar refractivity (Wildman–Crippen MR) is 422 cm³/mol. The molecule has 2 saturated heterocycles. The molecule has 2 aliphatic heterocycles. The summed E-state index contributed by atoms with van der Waals surface area (Å²) in [6, 6.07) is 29.4. The molecular formula is C81H105ClN16O13. The van der Waals surface area contributed by atoms with Crippen LogP contribution in [-0.4, -0.2) is 206 Å². The zero-order chi connectivity index (χ0) is 80.3. The molecular weight excluding hydrogens is 1440 g/mol. The monoisotopic (exact) mass is 1540 g/mol. The molecule has 11 amide bonds. The van der Waals surface area contributed by atoms with E-state index in [0.29, 0.717) is 53.5 Å². The molecule has 6 aromatic carbocycles. The standard InChI is InChI=1S/C81H105ClN16O13/c1-49(2)41-63(72(102)89-62(21-13-35-86-81(84)85)80(110)98-36-14-22-70(98)79(109)87-50(3)71(83)101)90-73(103)66(45-55-29-33-60(34-30-55)96(5)6)92-75(105)67(43-53-23-25-56(26-24-53)47-97-37-39-111-40-38-97)94-78(108)69(48-99)95-76(106)64(42-52-15-8-7-9-16-52)91-74(104)65(44-54-27-31-59(82)32-28-54)93-77(107)68(88-51(4)100)46-58-19-12-18-57-17-10-11-20-61(57)58/h7-12,15-20,23-34,49-50,62-70,99H,13-14,21-22,35-48H2,1-6H3,(H2,83,101)(H,87,109)(H,88,100)(H,89,102)(H,90,103)(H,91,104)(H,92,105)(H,93,107)(H,94,108)(H,95,106)(H4,84,85,86)/t50-,62+,63+,64-,65-,66-,67+,68-,69+,70+/m1/s1. The topological polar surface area (TPSA) is 423 Å². The minimum atomic E-state index is -1.79. The summed E-state index contributed by atoms with van der Waals surface area (Å²) in [7, 11) is 3.71. The highest BCUT2D eigenvalue weighted by Crippen LogP contribution is 2.24. The number of rotatable bonds is 39. The van der Waals surface area contributed by atoms with E-state index >= 15 is 19.2 Å². The van der Waals surface area contributed by atoms with Crippen LogP contribution < -0.4 is 69.5 Å². The van der Waals surface area contributed by atoms with E-state index in [1.165, 1.54) is 18.7 Å². The van der Waals surface area contributed by atoms with Crippen LogP contribution in [0.4, 0.5) is 5.69 Å². The van der Waals surface area contributed by atoms with Crippen molar-refractivity contribution in [3.05, 3.63) is 184 Å². The Kier molecular flexibility index (Phi) is 32.6. The number of ether oxygens (including phenoxy) is 1. The highest BCUT2D eigenvalue weighted by molar-refractivity contribution is 6.30. The Morgan fingerprint density at radius 1 is 0.541 bits per heavy atom. The molecule has 2 fully saturated rings. The van der Waals surface area contributed by atoms with Gasteiger partial charge < -0.3 is 84.3 Å². The first-order valence-corrected chi connectivity index (χ1v) is 37.9. The molecule has 0 bridgehead atoms. The SMILES string of the molecule is CC(=O)N[C@H](Cc1cccc2ccccc12)C(=O)N[C@H](Cc1ccc(Cl)cc1)C(=O)N[C@H](Cc1ccccc1)C(=O)N[C@@H](CO)C(=O)N[C@@H](Cc1ccc(CN2CCOCC2)cc1)C(=O)N[C@H](Cc1ccc(N(C)C)cc1)C(=O)N[C@@H](CC(C)C)C(=O)N[C@@H](CCCNC(=N)N)C(=O)N1CCC[C@H]1C(=O)N[C@H](C)C(N)=O. The third-order valence-corrected chi connectivity index (χ3v) is 19.7. The number of primary amides is 1. The lowest BCUT2D eigenvalue weighted by atomic mass is 9.97. The second-order valence-corrected chi connectivity index (χ2v) is 29.3. The first-order valence-electron chi connectivity index (χ1n) is 37.5. The summed E-state index contributed by atoms with van der Waals surface area (Å²) in [6.07, 6.45) is 0.319. The number of likely N-dealkylation sites (tertiary alicyclic amines) is 1. The number of carbonyl (C=O) groups excluding carboxylic acids is 11.